The number of sulfone groups is 1. The van der Waals surface area contributed by atoms with E-state index in [-0.39, 0.29) is 16.8 Å². The number of pyridine rings is 1. The quantitative estimate of drug-likeness (QED) is 0.749. The van der Waals surface area contributed by atoms with E-state index in [0.29, 0.717) is 6.07 Å². The molecule has 1 aromatic heterocycles. The molecule has 0 spiro atoms. The number of halogens is 5. The van der Waals surface area contributed by atoms with Crippen molar-refractivity contribution < 1.29 is 21.6 Å². The van der Waals surface area contributed by atoms with Gasteiger partial charge in [0, 0.05) is 16.5 Å². The molecule has 0 aliphatic heterocycles. The minimum absolute atomic E-state index is 0.0400. The Bertz CT molecular complexity index is 562. The Balaban J connectivity index is 3.43. The fourth-order valence-corrected chi connectivity index (χ4v) is 3.63. The van der Waals surface area contributed by atoms with Crippen molar-refractivity contribution in [1.82, 2.24) is 4.98 Å². The molecule has 1 rings (SSSR count). The molecule has 19 heavy (non-hydrogen) atoms. The molecule has 0 aromatic carbocycles. The molecule has 108 valence electrons. The zero-order valence-corrected chi connectivity index (χ0v) is 12.9. The van der Waals surface area contributed by atoms with E-state index in [0.717, 1.165) is 6.20 Å². The molecule has 1 unspecified atom stereocenters. The van der Waals surface area contributed by atoms with Crippen molar-refractivity contribution in [2.24, 2.45) is 0 Å². The standard InChI is InChI=1S/C10H10BrClF3NO2S/c1-6(2-3-12)19(17,18)9-8(10(13,14)15)4-7(11)5-16-9/h4-6H,2-3H2,1H3. The number of nitrogens with zero attached hydrogens (tertiary/aromatic N) is 1. The molecule has 0 radical (unpaired) electrons. The summed E-state index contributed by atoms with van der Waals surface area (Å²) in [5.41, 5.74) is -1.27. The van der Waals surface area contributed by atoms with Crippen molar-refractivity contribution in [3.8, 4) is 0 Å². The molecule has 0 saturated heterocycles. The maximum atomic E-state index is 12.9. The predicted octanol–water partition coefficient (Wildman–Crippen LogP) is 3.65. The van der Waals surface area contributed by atoms with E-state index >= 15 is 0 Å². The third-order valence-electron chi connectivity index (χ3n) is 2.44. The van der Waals surface area contributed by atoms with Gasteiger partial charge in [0.15, 0.2) is 14.9 Å². The van der Waals surface area contributed by atoms with Gasteiger partial charge in [-0.3, -0.25) is 0 Å². The lowest BCUT2D eigenvalue weighted by Crippen LogP contribution is -2.23. The van der Waals surface area contributed by atoms with E-state index in [1.165, 1.54) is 6.92 Å². The van der Waals surface area contributed by atoms with Crippen LogP contribution in [-0.4, -0.2) is 24.5 Å². The van der Waals surface area contributed by atoms with Crippen LogP contribution in [0.1, 0.15) is 18.9 Å². The summed E-state index contributed by atoms with van der Waals surface area (Å²) in [5, 5.41) is -1.99. The van der Waals surface area contributed by atoms with Crippen LogP contribution >= 0.6 is 27.5 Å². The van der Waals surface area contributed by atoms with Gasteiger partial charge in [-0.05, 0) is 35.3 Å². The molecule has 0 aliphatic rings. The second-order valence-electron chi connectivity index (χ2n) is 3.84. The molecule has 0 N–H and O–H groups in total. The van der Waals surface area contributed by atoms with Crippen LogP contribution in [0.2, 0.25) is 0 Å². The van der Waals surface area contributed by atoms with Crippen molar-refractivity contribution in [3.63, 3.8) is 0 Å². The van der Waals surface area contributed by atoms with Crippen molar-refractivity contribution >= 4 is 37.4 Å². The minimum Gasteiger partial charge on any atom is -0.243 e. The maximum absolute atomic E-state index is 12.9. The van der Waals surface area contributed by atoms with Gasteiger partial charge >= 0.3 is 6.18 Å². The van der Waals surface area contributed by atoms with Gasteiger partial charge in [0.05, 0.1) is 10.8 Å². The van der Waals surface area contributed by atoms with Crippen LogP contribution in [0.4, 0.5) is 13.2 Å². The summed E-state index contributed by atoms with van der Waals surface area (Å²) in [7, 11) is -4.17. The highest BCUT2D eigenvalue weighted by Gasteiger charge is 2.40. The van der Waals surface area contributed by atoms with E-state index in [1.807, 2.05) is 0 Å². The lowest BCUT2D eigenvalue weighted by atomic mass is 10.3. The van der Waals surface area contributed by atoms with Gasteiger partial charge in [-0.1, -0.05) is 0 Å². The predicted molar refractivity (Wildman–Crippen MR) is 68.9 cm³/mol. The van der Waals surface area contributed by atoms with Gasteiger partial charge in [-0.25, -0.2) is 13.4 Å². The van der Waals surface area contributed by atoms with Crippen molar-refractivity contribution in [2.75, 3.05) is 5.88 Å². The Hall–Kier alpha value is -0.340. The molecule has 0 fully saturated rings. The van der Waals surface area contributed by atoms with E-state index in [1.54, 1.807) is 0 Å². The second kappa shape index (κ2) is 5.97. The van der Waals surface area contributed by atoms with Crippen LogP contribution in [0.3, 0.4) is 0 Å². The van der Waals surface area contributed by atoms with Crippen LogP contribution in [0, 0.1) is 0 Å². The summed E-state index contributed by atoms with van der Waals surface area (Å²) in [6.45, 7) is 1.31. The molecule has 0 amide bonds. The molecule has 1 atom stereocenters. The van der Waals surface area contributed by atoms with Crippen molar-refractivity contribution in [1.29, 1.82) is 0 Å². The lowest BCUT2D eigenvalue weighted by Gasteiger charge is -2.16. The highest BCUT2D eigenvalue weighted by molar-refractivity contribution is 9.10. The third-order valence-corrected chi connectivity index (χ3v) is 5.25. The fourth-order valence-electron chi connectivity index (χ4n) is 1.36. The van der Waals surface area contributed by atoms with Gasteiger partial charge in [0.2, 0.25) is 0 Å². The Labute approximate surface area is 122 Å². The monoisotopic (exact) mass is 379 g/mol. The second-order valence-corrected chi connectivity index (χ2v) is 7.41. The van der Waals surface area contributed by atoms with Gasteiger partial charge < -0.3 is 0 Å². The average Bonchev–Trinajstić information content (AvgIpc) is 2.27. The van der Waals surface area contributed by atoms with E-state index in [9.17, 15) is 21.6 Å². The third kappa shape index (κ3) is 3.82. The first-order chi connectivity index (χ1) is 8.60. The Morgan fingerprint density at radius 3 is 2.53 bits per heavy atom. The first kappa shape index (κ1) is 16.7. The molecule has 1 heterocycles. The SMILES string of the molecule is CC(CCCl)S(=O)(=O)c1ncc(Br)cc1C(F)(F)F. The molecule has 0 aliphatic carbocycles. The van der Waals surface area contributed by atoms with E-state index in [4.69, 9.17) is 11.6 Å². The van der Waals surface area contributed by atoms with Crippen LogP contribution < -0.4 is 0 Å². The van der Waals surface area contributed by atoms with Crippen LogP contribution in [-0.2, 0) is 16.0 Å². The summed E-state index contributed by atoms with van der Waals surface area (Å²) in [6, 6.07) is 0.702. The smallest absolute Gasteiger partial charge is 0.243 e. The molecule has 0 bridgehead atoms. The van der Waals surface area contributed by atoms with Gasteiger partial charge in [-0.15, -0.1) is 11.6 Å². The Kier molecular flexibility index (Phi) is 5.25. The van der Waals surface area contributed by atoms with Crippen LogP contribution in [0.5, 0.6) is 0 Å². The number of rotatable bonds is 4. The summed E-state index contributed by atoms with van der Waals surface area (Å²) in [4.78, 5) is 3.42. The van der Waals surface area contributed by atoms with Crippen LogP contribution in [0.25, 0.3) is 0 Å². The minimum atomic E-state index is -4.79. The highest BCUT2D eigenvalue weighted by Crippen LogP contribution is 2.36. The molecular weight excluding hydrogens is 371 g/mol. The van der Waals surface area contributed by atoms with Gasteiger partial charge in [0.25, 0.3) is 0 Å². The largest absolute Gasteiger partial charge is 0.419 e. The molecule has 9 heteroatoms. The van der Waals surface area contributed by atoms with Crippen LogP contribution in [0.15, 0.2) is 21.8 Å². The van der Waals surface area contributed by atoms with Gasteiger partial charge in [0.1, 0.15) is 0 Å². The highest BCUT2D eigenvalue weighted by atomic mass is 79.9. The molecule has 3 nitrogen and oxygen atoms in total. The Morgan fingerprint density at radius 2 is 2.05 bits per heavy atom. The number of hydrogen-bond acceptors (Lipinski definition) is 3. The summed E-state index contributed by atoms with van der Waals surface area (Å²) in [5.74, 6) is 0.0400. The van der Waals surface area contributed by atoms with E-state index in [2.05, 4.69) is 20.9 Å². The normalized spacial score (nSPS) is 14.4. The fraction of sp³-hybridized carbons (Fsp3) is 0.500. The van der Waals surface area contributed by atoms with Crippen molar-refractivity contribution in [2.45, 2.75) is 29.8 Å². The zero-order chi connectivity index (χ0) is 14.8. The molecular formula is C10H10BrClF3NO2S. The number of alkyl halides is 4. The summed E-state index contributed by atoms with van der Waals surface area (Å²) >= 11 is 8.28. The number of aromatic nitrogens is 1. The first-order valence-corrected chi connectivity index (χ1v) is 8.00. The van der Waals surface area contributed by atoms with Crippen molar-refractivity contribution in [3.05, 3.63) is 22.3 Å². The first-order valence-electron chi connectivity index (χ1n) is 5.13. The molecule has 1 aromatic rings. The zero-order valence-electron chi connectivity index (χ0n) is 9.71. The summed E-state index contributed by atoms with van der Waals surface area (Å²) < 4.78 is 62.8. The summed E-state index contributed by atoms with van der Waals surface area (Å²) in [6.07, 6.45) is -3.71. The Morgan fingerprint density at radius 1 is 1.47 bits per heavy atom. The van der Waals surface area contributed by atoms with Gasteiger partial charge in [-0.2, -0.15) is 13.2 Å². The topological polar surface area (TPSA) is 47.0 Å². The molecule has 0 saturated carbocycles. The average molecular weight is 381 g/mol. The number of hydrogen-bond donors (Lipinski definition) is 0. The maximum Gasteiger partial charge on any atom is 0.419 e. The lowest BCUT2D eigenvalue weighted by molar-refractivity contribution is -0.140. The van der Waals surface area contributed by atoms with E-state index < -0.39 is 31.9 Å².